The minimum absolute atomic E-state index is 0.552. The number of rotatable bonds is 12. The van der Waals surface area contributed by atoms with Gasteiger partial charge in [-0.15, -0.1) is 0 Å². The molecule has 0 unspecified atom stereocenters. The van der Waals surface area contributed by atoms with E-state index in [9.17, 15) is 0 Å². The van der Waals surface area contributed by atoms with Gasteiger partial charge in [0.15, 0.2) is 0 Å². The first kappa shape index (κ1) is 23.6. The first-order valence-corrected chi connectivity index (χ1v) is 8.01. The van der Waals surface area contributed by atoms with Gasteiger partial charge in [0.2, 0.25) is 0 Å². The number of carboxylic acid groups (broad SMARTS) is 2. The van der Waals surface area contributed by atoms with Crippen LogP contribution in [0.25, 0.3) is 0 Å². The SMILES string of the molecule is COCCCNCCOCCOc1ccc(OC)cc1.O=C(O)C(=O)O. The number of ether oxygens (including phenoxy) is 4. The van der Waals surface area contributed by atoms with Crippen LogP contribution in [0.2, 0.25) is 0 Å². The third-order valence-electron chi connectivity index (χ3n) is 2.86. The Morgan fingerprint density at radius 2 is 1.50 bits per heavy atom. The second-order valence-electron chi connectivity index (χ2n) is 4.84. The Labute approximate surface area is 152 Å². The highest BCUT2D eigenvalue weighted by atomic mass is 16.5. The molecule has 0 saturated carbocycles. The smallest absolute Gasteiger partial charge is 0.414 e. The van der Waals surface area contributed by atoms with Gasteiger partial charge in [-0.1, -0.05) is 0 Å². The van der Waals surface area contributed by atoms with Crippen LogP contribution in [0.4, 0.5) is 0 Å². The number of carbonyl (C=O) groups is 2. The molecular formula is C17H27NO8. The van der Waals surface area contributed by atoms with Crippen molar-refractivity contribution in [2.75, 3.05) is 53.7 Å². The van der Waals surface area contributed by atoms with E-state index in [0.717, 1.165) is 37.6 Å². The quantitative estimate of drug-likeness (QED) is 0.362. The van der Waals surface area contributed by atoms with Crippen molar-refractivity contribution >= 4 is 11.9 Å². The largest absolute Gasteiger partial charge is 0.497 e. The molecule has 148 valence electrons. The Bertz CT molecular complexity index is 480. The van der Waals surface area contributed by atoms with Crippen molar-refractivity contribution in [1.29, 1.82) is 0 Å². The summed E-state index contributed by atoms with van der Waals surface area (Å²) in [6.07, 6.45) is 1.02. The average molecular weight is 373 g/mol. The summed E-state index contributed by atoms with van der Waals surface area (Å²) in [5, 5.41) is 18.1. The lowest BCUT2D eigenvalue weighted by atomic mass is 10.3. The number of hydrogen-bond donors (Lipinski definition) is 3. The molecule has 0 heterocycles. The molecular weight excluding hydrogens is 346 g/mol. The maximum absolute atomic E-state index is 9.10. The molecule has 0 amide bonds. The summed E-state index contributed by atoms with van der Waals surface area (Å²) in [7, 11) is 3.36. The fraction of sp³-hybridized carbons (Fsp3) is 0.529. The fourth-order valence-corrected chi connectivity index (χ4v) is 1.60. The molecule has 0 radical (unpaired) electrons. The maximum atomic E-state index is 9.10. The van der Waals surface area contributed by atoms with Crippen LogP contribution in [-0.4, -0.2) is 75.9 Å². The van der Waals surface area contributed by atoms with Crippen molar-refractivity contribution in [3.05, 3.63) is 24.3 Å². The van der Waals surface area contributed by atoms with Gasteiger partial charge in [-0.3, -0.25) is 0 Å². The molecule has 1 aromatic rings. The van der Waals surface area contributed by atoms with E-state index in [0.29, 0.717) is 19.8 Å². The number of hydrogen-bond acceptors (Lipinski definition) is 7. The second-order valence-corrected chi connectivity index (χ2v) is 4.84. The molecule has 9 heteroatoms. The molecule has 0 bridgehead atoms. The standard InChI is InChI=1S/C15H25NO4.C2H2O4/c1-17-10-3-8-16-9-11-19-12-13-20-15-6-4-14(18-2)5-7-15;3-1(4)2(5)6/h4-7,16H,3,8-13H2,1-2H3;(H,3,4)(H,5,6). The number of carboxylic acids is 2. The van der Waals surface area contributed by atoms with E-state index in [1.807, 2.05) is 24.3 Å². The average Bonchev–Trinajstić information content (AvgIpc) is 2.64. The number of aliphatic carboxylic acids is 2. The first-order chi connectivity index (χ1) is 12.5. The summed E-state index contributed by atoms with van der Waals surface area (Å²) in [5.74, 6) is -2.00. The van der Waals surface area contributed by atoms with Gasteiger partial charge in [-0.2, -0.15) is 0 Å². The van der Waals surface area contributed by atoms with Crippen molar-refractivity contribution in [3.63, 3.8) is 0 Å². The predicted octanol–water partition coefficient (Wildman–Crippen LogP) is 0.872. The molecule has 1 aromatic carbocycles. The number of methoxy groups -OCH3 is 2. The van der Waals surface area contributed by atoms with Gasteiger partial charge >= 0.3 is 11.9 Å². The van der Waals surface area contributed by atoms with Gasteiger partial charge in [0.05, 0.1) is 20.3 Å². The van der Waals surface area contributed by atoms with E-state index < -0.39 is 11.9 Å². The molecule has 0 fully saturated rings. The van der Waals surface area contributed by atoms with Gasteiger partial charge in [0.25, 0.3) is 0 Å². The van der Waals surface area contributed by atoms with Gasteiger partial charge in [0.1, 0.15) is 18.1 Å². The normalized spacial score (nSPS) is 9.77. The highest BCUT2D eigenvalue weighted by molar-refractivity contribution is 6.27. The van der Waals surface area contributed by atoms with Crippen molar-refractivity contribution in [1.82, 2.24) is 5.32 Å². The van der Waals surface area contributed by atoms with Gasteiger partial charge in [-0.05, 0) is 37.2 Å². The van der Waals surface area contributed by atoms with Crippen LogP contribution in [-0.2, 0) is 19.1 Å². The Morgan fingerprint density at radius 3 is 2.04 bits per heavy atom. The van der Waals surface area contributed by atoms with Crippen molar-refractivity contribution in [2.24, 2.45) is 0 Å². The van der Waals surface area contributed by atoms with Crippen LogP contribution < -0.4 is 14.8 Å². The summed E-state index contributed by atoms with van der Waals surface area (Å²) in [6.45, 7) is 4.44. The zero-order chi connectivity index (χ0) is 19.6. The van der Waals surface area contributed by atoms with Gasteiger partial charge in [-0.25, -0.2) is 9.59 Å². The van der Waals surface area contributed by atoms with E-state index in [-0.39, 0.29) is 0 Å². The first-order valence-electron chi connectivity index (χ1n) is 8.01. The van der Waals surface area contributed by atoms with E-state index in [1.165, 1.54) is 0 Å². The van der Waals surface area contributed by atoms with Crippen LogP contribution in [0, 0.1) is 0 Å². The van der Waals surface area contributed by atoms with Crippen molar-refractivity contribution < 1.29 is 38.7 Å². The number of nitrogens with one attached hydrogen (secondary N) is 1. The topological polar surface area (TPSA) is 124 Å². The van der Waals surface area contributed by atoms with Crippen LogP contribution in [0.1, 0.15) is 6.42 Å². The maximum Gasteiger partial charge on any atom is 0.414 e. The van der Waals surface area contributed by atoms with E-state index in [1.54, 1.807) is 14.2 Å². The minimum Gasteiger partial charge on any atom is -0.497 e. The molecule has 0 aliphatic rings. The molecule has 0 aromatic heterocycles. The summed E-state index contributed by atoms with van der Waals surface area (Å²) in [5.41, 5.74) is 0. The van der Waals surface area contributed by atoms with Crippen LogP contribution >= 0.6 is 0 Å². The Morgan fingerprint density at radius 1 is 0.885 bits per heavy atom. The Kier molecular flexibility index (Phi) is 14.7. The zero-order valence-corrected chi connectivity index (χ0v) is 15.1. The molecule has 1 rings (SSSR count). The third-order valence-corrected chi connectivity index (χ3v) is 2.86. The van der Waals surface area contributed by atoms with Crippen LogP contribution in [0.15, 0.2) is 24.3 Å². The molecule has 0 saturated heterocycles. The molecule has 9 nitrogen and oxygen atoms in total. The predicted molar refractivity (Wildman–Crippen MR) is 93.9 cm³/mol. The summed E-state index contributed by atoms with van der Waals surface area (Å²) < 4.78 is 21.1. The minimum atomic E-state index is -1.82. The molecule has 3 N–H and O–H groups in total. The second kappa shape index (κ2) is 16.1. The third kappa shape index (κ3) is 14.0. The molecule has 0 spiro atoms. The van der Waals surface area contributed by atoms with Gasteiger partial charge in [0, 0.05) is 20.3 Å². The lowest BCUT2D eigenvalue weighted by Gasteiger charge is -2.08. The zero-order valence-electron chi connectivity index (χ0n) is 15.1. The Balaban J connectivity index is 0.000000896. The monoisotopic (exact) mass is 373 g/mol. The molecule has 0 atom stereocenters. The highest BCUT2D eigenvalue weighted by Crippen LogP contribution is 2.16. The van der Waals surface area contributed by atoms with Crippen LogP contribution in [0.3, 0.4) is 0 Å². The summed E-state index contributed by atoms with van der Waals surface area (Å²) in [6, 6.07) is 7.52. The fourth-order valence-electron chi connectivity index (χ4n) is 1.60. The van der Waals surface area contributed by atoms with E-state index in [2.05, 4.69) is 5.32 Å². The Hall–Kier alpha value is -2.36. The van der Waals surface area contributed by atoms with Crippen LogP contribution in [0.5, 0.6) is 11.5 Å². The molecule has 26 heavy (non-hydrogen) atoms. The summed E-state index contributed by atoms with van der Waals surface area (Å²) in [4.78, 5) is 18.2. The lowest BCUT2D eigenvalue weighted by molar-refractivity contribution is -0.159. The number of benzene rings is 1. The molecule has 0 aliphatic carbocycles. The van der Waals surface area contributed by atoms with Crippen molar-refractivity contribution in [3.8, 4) is 11.5 Å². The summed E-state index contributed by atoms with van der Waals surface area (Å²) >= 11 is 0. The van der Waals surface area contributed by atoms with Crippen molar-refractivity contribution in [2.45, 2.75) is 6.42 Å². The molecule has 0 aliphatic heterocycles. The van der Waals surface area contributed by atoms with E-state index in [4.69, 9.17) is 38.7 Å². The highest BCUT2D eigenvalue weighted by Gasteiger charge is 2.04. The van der Waals surface area contributed by atoms with E-state index >= 15 is 0 Å². The van der Waals surface area contributed by atoms with Gasteiger partial charge < -0.3 is 34.5 Å². The lowest BCUT2D eigenvalue weighted by Crippen LogP contribution is -2.22.